The predicted octanol–water partition coefficient (Wildman–Crippen LogP) is 2.70. The van der Waals surface area contributed by atoms with E-state index in [0.717, 1.165) is 43.9 Å². The Morgan fingerprint density at radius 3 is 2.39 bits per heavy atom. The van der Waals surface area contributed by atoms with Gasteiger partial charge in [-0.05, 0) is 36.2 Å². The zero-order valence-electron chi connectivity index (χ0n) is 11.6. The number of nitrogens with zero attached hydrogens (tertiary/aromatic N) is 2. The Bertz CT molecular complexity index is 395. The lowest BCUT2D eigenvalue weighted by molar-refractivity contribution is 0.148. The van der Waals surface area contributed by atoms with Crippen LogP contribution in [0.5, 0.6) is 0 Å². The van der Waals surface area contributed by atoms with Crippen LogP contribution in [0.15, 0.2) is 18.2 Å². The van der Waals surface area contributed by atoms with Crippen LogP contribution in [0.4, 0.5) is 4.39 Å². The van der Waals surface area contributed by atoms with Gasteiger partial charge in [0.2, 0.25) is 0 Å². The van der Waals surface area contributed by atoms with Gasteiger partial charge >= 0.3 is 0 Å². The average molecular weight is 250 g/mol. The smallest absolute Gasteiger partial charge is 0.123 e. The number of halogens is 1. The molecule has 0 radical (unpaired) electrons. The summed E-state index contributed by atoms with van der Waals surface area (Å²) in [5.41, 5.74) is 2.20. The van der Waals surface area contributed by atoms with Gasteiger partial charge in [-0.15, -0.1) is 0 Å². The molecule has 1 saturated heterocycles. The van der Waals surface area contributed by atoms with E-state index in [0.29, 0.717) is 5.92 Å². The third-order valence-corrected chi connectivity index (χ3v) is 3.65. The maximum atomic E-state index is 13.6. The Morgan fingerprint density at radius 2 is 1.78 bits per heavy atom. The van der Waals surface area contributed by atoms with Gasteiger partial charge in [0.05, 0.1) is 0 Å². The third kappa shape index (κ3) is 3.53. The first-order valence-corrected chi connectivity index (χ1v) is 6.75. The highest BCUT2D eigenvalue weighted by Crippen LogP contribution is 2.19. The Morgan fingerprint density at radius 1 is 1.11 bits per heavy atom. The summed E-state index contributed by atoms with van der Waals surface area (Å²) < 4.78 is 13.6. The molecule has 0 saturated carbocycles. The van der Waals surface area contributed by atoms with E-state index in [2.05, 4.69) is 36.8 Å². The van der Waals surface area contributed by atoms with Crippen LogP contribution in [0.1, 0.15) is 30.9 Å². The Hall–Kier alpha value is -0.930. The first kappa shape index (κ1) is 13.5. The fourth-order valence-electron chi connectivity index (χ4n) is 2.36. The zero-order valence-corrected chi connectivity index (χ0v) is 11.6. The van der Waals surface area contributed by atoms with E-state index in [-0.39, 0.29) is 5.82 Å². The largest absolute Gasteiger partial charge is 0.304 e. The lowest BCUT2D eigenvalue weighted by atomic mass is 10.0. The van der Waals surface area contributed by atoms with E-state index in [1.54, 1.807) is 12.1 Å². The molecule has 0 bridgehead atoms. The maximum absolute atomic E-state index is 13.6. The van der Waals surface area contributed by atoms with E-state index < -0.39 is 0 Å². The first-order valence-electron chi connectivity index (χ1n) is 6.75. The second kappa shape index (κ2) is 5.81. The van der Waals surface area contributed by atoms with Crippen LogP contribution < -0.4 is 0 Å². The van der Waals surface area contributed by atoms with Crippen LogP contribution in [0.2, 0.25) is 0 Å². The third-order valence-electron chi connectivity index (χ3n) is 3.65. The summed E-state index contributed by atoms with van der Waals surface area (Å²) in [7, 11) is 2.15. The van der Waals surface area contributed by atoms with Gasteiger partial charge in [-0.2, -0.15) is 0 Å². The summed E-state index contributed by atoms with van der Waals surface area (Å²) in [5.74, 6) is 0.275. The molecule has 1 aliphatic heterocycles. The first-order chi connectivity index (χ1) is 8.54. The van der Waals surface area contributed by atoms with Crippen LogP contribution in [-0.4, -0.2) is 43.0 Å². The average Bonchev–Trinajstić information content (AvgIpc) is 2.31. The van der Waals surface area contributed by atoms with E-state index in [9.17, 15) is 4.39 Å². The van der Waals surface area contributed by atoms with Crippen LogP contribution in [-0.2, 0) is 6.54 Å². The van der Waals surface area contributed by atoms with Gasteiger partial charge in [0, 0.05) is 32.7 Å². The van der Waals surface area contributed by atoms with Crippen molar-refractivity contribution >= 4 is 0 Å². The van der Waals surface area contributed by atoms with Crippen LogP contribution in [0.3, 0.4) is 0 Å². The highest BCUT2D eigenvalue weighted by molar-refractivity contribution is 5.26. The van der Waals surface area contributed by atoms with Crippen LogP contribution >= 0.6 is 0 Å². The molecule has 0 spiro atoms. The molecule has 1 fully saturated rings. The van der Waals surface area contributed by atoms with Crippen molar-refractivity contribution in [2.24, 2.45) is 0 Å². The van der Waals surface area contributed by atoms with Crippen molar-refractivity contribution in [3.8, 4) is 0 Å². The molecule has 0 unspecified atom stereocenters. The van der Waals surface area contributed by atoms with Gasteiger partial charge in [0.15, 0.2) is 0 Å². The quantitative estimate of drug-likeness (QED) is 0.814. The summed E-state index contributed by atoms with van der Waals surface area (Å²) >= 11 is 0. The number of piperazine rings is 1. The number of likely N-dealkylation sites (N-methyl/N-ethyl adjacent to an activating group) is 1. The minimum absolute atomic E-state index is 0.106. The fraction of sp³-hybridized carbons (Fsp3) is 0.600. The SMILES string of the molecule is CC(C)c1cc(F)cc(CN2CCN(C)CC2)c1. The highest BCUT2D eigenvalue weighted by atomic mass is 19.1. The molecule has 0 amide bonds. The molecule has 1 aromatic carbocycles. The second-order valence-electron chi connectivity index (χ2n) is 5.63. The van der Waals surface area contributed by atoms with Gasteiger partial charge in [0.25, 0.3) is 0 Å². The topological polar surface area (TPSA) is 6.48 Å². The number of benzene rings is 1. The van der Waals surface area contributed by atoms with Crippen LogP contribution in [0, 0.1) is 5.82 Å². The summed E-state index contributed by atoms with van der Waals surface area (Å²) in [6, 6.07) is 5.47. The van der Waals surface area contributed by atoms with Crippen molar-refractivity contribution in [3.05, 3.63) is 35.1 Å². The molecule has 1 aromatic rings. The molecular formula is C15H23FN2. The molecule has 2 nitrogen and oxygen atoms in total. The van der Waals surface area contributed by atoms with Crippen LogP contribution in [0.25, 0.3) is 0 Å². The molecule has 2 rings (SSSR count). The normalized spacial score (nSPS) is 18.5. The van der Waals surface area contributed by atoms with Gasteiger partial charge in [-0.3, -0.25) is 4.90 Å². The molecule has 1 aliphatic rings. The summed E-state index contributed by atoms with van der Waals surface area (Å²) in [6.07, 6.45) is 0. The van der Waals surface area contributed by atoms with Crippen molar-refractivity contribution in [3.63, 3.8) is 0 Å². The molecule has 1 heterocycles. The van der Waals surface area contributed by atoms with Crippen molar-refractivity contribution in [1.29, 1.82) is 0 Å². The minimum Gasteiger partial charge on any atom is -0.304 e. The van der Waals surface area contributed by atoms with Crippen molar-refractivity contribution < 1.29 is 4.39 Å². The fourth-order valence-corrected chi connectivity index (χ4v) is 2.36. The van der Waals surface area contributed by atoms with E-state index in [1.807, 2.05) is 0 Å². The summed E-state index contributed by atoms with van der Waals surface area (Å²) in [4.78, 5) is 4.74. The Labute approximate surface area is 109 Å². The molecule has 3 heteroatoms. The number of hydrogen-bond donors (Lipinski definition) is 0. The zero-order chi connectivity index (χ0) is 13.1. The van der Waals surface area contributed by atoms with Gasteiger partial charge in [-0.25, -0.2) is 4.39 Å². The molecule has 0 N–H and O–H groups in total. The lowest BCUT2D eigenvalue weighted by Crippen LogP contribution is -2.43. The number of rotatable bonds is 3. The lowest BCUT2D eigenvalue weighted by Gasteiger charge is -2.32. The summed E-state index contributed by atoms with van der Waals surface area (Å²) in [6.45, 7) is 9.43. The monoisotopic (exact) mass is 250 g/mol. The van der Waals surface area contributed by atoms with Gasteiger partial charge in [0.1, 0.15) is 5.82 Å². The molecule has 0 atom stereocenters. The molecule has 100 valence electrons. The van der Waals surface area contributed by atoms with E-state index in [1.165, 1.54) is 0 Å². The van der Waals surface area contributed by atoms with Crippen molar-refractivity contribution in [2.45, 2.75) is 26.3 Å². The molecule has 0 aliphatic carbocycles. The molecule has 18 heavy (non-hydrogen) atoms. The predicted molar refractivity (Wildman–Crippen MR) is 73.3 cm³/mol. The van der Waals surface area contributed by atoms with Crippen molar-refractivity contribution in [1.82, 2.24) is 9.80 Å². The molecular weight excluding hydrogens is 227 g/mol. The van der Waals surface area contributed by atoms with Gasteiger partial charge < -0.3 is 4.90 Å². The van der Waals surface area contributed by atoms with Crippen molar-refractivity contribution in [2.75, 3.05) is 33.2 Å². The standard InChI is InChI=1S/C15H23FN2/c1-12(2)14-8-13(9-15(16)10-14)11-18-6-4-17(3)5-7-18/h8-10,12H,4-7,11H2,1-3H3. The Kier molecular flexibility index (Phi) is 4.36. The van der Waals surface area contributed by atoms with E-state index in [4.69, 9.17) is 0 Å². The second-order valence-corrected chi connectivity index (χ2v) is 5.63. The minimum atomic E-state index is -0.106. The number of hydrogen-bond acceptors (Lipinski definition) is 2. The summed E-state index contributed by atoms with van der Waals surface area (Å²) in [5, 5.41) is 0. The Balaban J connectivity index is 2.04. The van der Waals surface area contributed by atoms with Gasteiger partial charge in [-0.1, -0.05) is 19.9 Å². The maximum Gasteiger partial charge on any atom is 0.123 e. The molecule has 0 aromatic heterocycles. The highest BCUT2D eigenvalue weighted by Gasteiger charge is 2.14. The van der Waals surface area contributed by atoms with E-state index >= 15 is 0 Å².